The van der Waals surface area contributed by atoms with E-state index in [1.165, 1.54) is 16.8 Å². The van der Waals surface area contributed by atoms with E-state index in [0.29, 0.717) is 13.0 Å². The molecule has 3 rings (SSSR count). The Kier molecular flexibility index (Phi) is 7.40. The topological polar surface area (TPSA) is 35.6 Å². The number of carbonyl (C=O) groups is 1. The summed E-state index contributed by atoms with van der Waals surface area (Å²) in [5, 5.41) is 3.42. The summed E-state index contributed by atoms with van der Waals surface area (Å²) >= 11 is 0. The Labute approximate surface area is 164 Å². The third kappa shape index (κ3) is 5.51. The molecule has 2 aliphatic heterocycles. The lowest BCUT2D eigenvalue weighted by molar-refractivity contribution is -0.164. The van der Waals surface area contributed by atoms with E-state index in [-0.39, 0.29) is 30.8 Å². The van der Waals surface area contributed by atoms with Gasteiger partial charge in [-0.05, 0) is 43.9 Å². The molecular formula is C19H27ClF3N3O. The molecule has 152 valence electrons. The van der Waals surface area contributed by atoms with Crippen molar-refractivity contribution in [2.24, 2.45) is 5.92 Å². The first kappa shape index (κ1) is 21.8. The molecule has 1 aromatic carbocycles. The van der Waals surface area contributed by atoms with Gasteiger partial charge in [0.1, 0.15) is 6.54 Å². The van der Waals surface area contributed by atoms with E-state index >= 15 is 0 Å². The number of amides is 1. The van der Waals surface area contributed by atoms with E-state index in [0.717, 1.165) is 37.4 Å². The molecule has 0 spiro atoms. The number of nitrogens with one attached hydrogen (secondary N) is 1. The van der Waals surface area contributed by atoms with Crippen molar-refractivity contribution >= 4 is 24.0 Å². The van der Waals surface area contributed by atoms with Gasteiger partial charge in [-0.1, -0.05) is 18.2 Å². The summed E-state index contributed by atoms with van der Waals surface area (Å²) in [6.45, 7) is 3.60. The first-order valence-electron chi connectivity index (χ1n) is 9.30. The Morgan fingerprint density at radius 2 is 2.15 bits per heavy atom. The molecule has 1 amide bonds. The predicted octanol–water partition coefficient (Wildman–Crippen LogP) is 3.70. The smallest absolute Gasteiger partial charge is 0.384 e. The van der Waals surface area contributed by atoms with Gasteiger partial charge in [0, 0.05) is 31.9 Å². The van der Waals surface area contributed by atoms with Crippen LogP contribution in [0.15, 0.2) is 18.2 Å². The number of benzene rings is 1. The standard InChI is InChI=1S/C19H26F3N3O.ClH/c1-2-25(13-19(20,21)22)18(26)16-7-4-10-24(12-16)11-15-6-3-5-14-8-9-23-17(14)15;/h3,5-6,16,23H,2,4,7-13H2,1H3;1H. The van der Waals surface area contributed by atoms with Crippen molar-refractivity contribution in [3.63, 3.8) is 0 Å². The number of rotatable bonds is 5. The highest BCUT2D eigenvalue weighted by Crippen LogP contribution is 2.29. The van der Waals surface area contributed by atoms with Gasteiger partial charge in [-0.15, -0.1) is 12.4 Å². The van der Waals surface area contributed by atoms with Crippen molar-refractivity contribution in [1.29, 1.82) is 0 Å². The molecule has 1 N–H and O–H groups in total. The van der Waals surface area contributed by atoms with E-state index < -0.39 is 12.7 Å². The third-order valence-corrected chi connectivity index (χ3v) is 5.25. The van der Waals surface area contributed by atoms with E-state index in [1.54, 1.807) is 6.92 Å². The Morgan fingerprint density at radius 1 is 1.37 bits per heavy atom. The molecule has 2 aliphatic rings. The lowest BCUT2D eigenvalue weighted by atomic mass is 9.95. The van der Waals surface area contributed by atoms with Gasteiger partial charge in [0.15, 0.2) is 0 Å². The first-order valence-corrected chi connectivity index (χ1v) is 9.30. The Morgan fingerprint density at radius 3 is 2.85 bits per heavy atom. The summed E-state index contributed by atoms with van der Waals surface area (Å²) in [4.78, 5) is 15.7. The number of likely N-dealkylation sites (tertiary alicyclic amines) is 1. The van der Waals surface area contributed by atoms with Crippen LogP contribution in [-0.4, -0.2) is 54.6 Å². The number of para-hydroxylation sites is 1. The molecule has 1 fully saturated rings. The molecular weight excluding hydrogens is 379 g/mol. The number of nitrogens with zero attached hydrogens (tertiary/aromatic N) is 2. The predicted molar refractivity (Wildman–Crippen MR) is 102 cm³/mol. The van der Waals surface area contributed by atoms with Gasteiger partial charge in [-0.3, -0.25) is 9.69 Å². The van der Waals surface area contributed by atoms with E-state index in [9.17, 15) is 18.0 Å². The largest absolute Gasteiger partial charge is 0.406 e. The molecule has 0 aromatic heterocycles. The van der Waals surface area contributed by atoms with Crippen LogP contribution in [-0.2, 0) is 17.8 Å². The first-order chi connectivity index (χ1) is 12.4. The SMILES string of the molecule is CCN(CC(F)(F)F)C(=O)C1CCCN(Cc2cccc3c2NCC3)C1.Cl. The van der Waals surface area contributed by atoms with Gasteiger partial charge in [0.2, 0.25) is 5.91 Å². The van der Waals surface area contributed by atoms with Crippen LogP contribution in [0.2, 0.25) is 0 Å². The summed E-state index contributed by atoms with van der Waals surface area (Å²) in [5.74, 6) is -0.721. The average Bonchev–Trinajstić information content (AvgIpc) is 3.08. The van der Waals surface area contributed by atoms with Crippen LogP contribution in [0.3, 0.4) is 0 Å². The summed E-state index contributed by atoms with van der Waals surface area (Å²) in [6.07, 6.45) is -1.83. The zero-order valence-electron chi connectivity index (χ0n) is 15.5. The molecule has 1 unspecified atom stereocenters. The number of anilines is 1. The molecule has 4 nitrogen and oxygen atoms in total. The fraction of sp³-hybridized carbons (Fsp3) is 0.632. The highest BCUT2D eigenvalue weighted by Gasteiger charge is 2.36. The molecule has 0 bridgehead atoms. The molecule has 8 heteroatoms. The number of piperidine rings is 1. The van der Waals surface area contributed by atoms with Gasteiger partial charge in [-0.25, -0.2) is 0 Å². The Balaban J connectivity index is 0.00000261. The number of hydrogen-bond acceptors (Lipinski definition) is 3. The zero-order valence-corrected chi connectivity index (χ0v) is 16.3. The lowest BCUT2D eigenvalue weighted by Gasteiger charge is -2.35. The normalized spacial score (nSPS) is 19.8. The second-order valence-electron chi connectivity index (χ2n) is 7.17. The zero-order chi connectivity index (χ0) is 18.7. The number of carbonyl (C=O) groups excluding carboxylic acids is 1. The van der Waals surface area contributed by atoms with Crippen molar-refractivity contribution in [3.8, 4) is 0 Å². The van der Waals surface area contributed by atoms with Crippen LogP contribution in [0.4, 0.5) is 18.9 Å². The van der Waals surface area contributed by atoms with Crippen molar-refractivity contribution in [2.45, 2.75) is 38.9 Å². The highest BCUT2D eigenvalue weighted by molar-refractivity contribution is 5.85. The molecule has 0 saturated carbocycles. The molecule has 1 atom stereocenters. The van der Waals surface area contributed by atoms with Crippen LogP contribution in [0.25, 0.3) is 0 Å². The van der Waals surface area contributed by atoms with Gasteiger partial charge in [-0.2, -0.15) is 13.2 Å². The quantitative estimate of drug-likeness (QED) is 0.811. The Bertz CT molecular complexity index is 654. The molecule has 1 saturated heterocycles. The minimum absolute atomic E-state index is 0. The lowest BCUT2D eigenvalue weighted by Crippen LogP contribution is -2.47. The number of halogens is 4. The van der Waals surface area contributed by atoms with Crippen molar-refractivity contribution in [1.82, 2.24) is 9.80 Å². The summed E-state index contributed by atoms with van der Waals surface area (Å²) < 4.78 is 38.1. The maximum absolute atomic E-state index is 12.7. The number of hydrogen-bond donors (Lipinski definition) is 1. The van der Waals surface area contributed by atoms with Crippen LogP contribution in [0.1, 0.15) is 30.9 Å². The molecule has 0 radical (unpaired) electrons. The average molecular weight is 406 g/mol. The molecule has 1 aromatic rings. The fourth-order valence-corrected chi connectivity index (χ4v) is 4.00. The maximum atomic E-state index is 12.7. The van der Waals surface area contributed by atoms with Gasteiger partial charge in [0.25, 0.3) is 0 Å². The minimum atomic E-state index is -4.35. The third-order valence-electron chi connectivity index (χ3n) is 5.25. The molecule has 2 heterocycles. The van der Waals surface area contributed by atoms with Crippen molar-refractivity contribution in [3.05, 3.63) is 29.3 Å². The van der Waals surface area contributed by atoms with Crippen molar-refractivity contribution in [2.75, 3.05) is 38.0 Å². The Hall–Kier alpha value is -1.47. The van der Waals surface area contributed by atoms with Crippen molar-refractivity contribution < 1.29 is 18.0 Å². The van der Waals surface area contributed by atoms with E-state index in [2.05, 4.69) is 28.4 Å². The van der Waals surface area contributed by atoms with Gasteiger partial charge >= 0.3 is 6.18 Å². The summed E-state index contributed by atoms with van der Waals surface area (Å²) in [7, 11) is 0. The van der Waals surface area contributed by atoms with Gasteiger partial charge in [0.05, 0.1) is 5.92 Å². The summed E-state index contributed by atoms with van der Waals surface area (Å²) in [6, 6.07) is 6.26. The number of fused-ring (bicyclic) bond motifs is 1. The second-order valence-corrected chi connectivity index (χ2v) is 7.17. The van der Waals surface area contributed by atoms with E-state index in [1.807, 2.05) is 0 Å². The maximum Gasteiger partial charge on any atom is 0.406 e. The highest BCUT2D eigenvalue weighted by atomic mass is 35.5. The fourth-order valence-electron chi connectivity index (χ4n) is 4.00. The van der Waals surface area contributed by atoms with Crippen LogP contribution in [0.5, 0.6) is 0 Å². The summed E-state index contributed by atoms with van der Waals surface area (Å²) in [5.41, 5.74) is 3.71. The molecule has 0 aliphatic carbocycles. The van der Waals surface area contributed by atoms with Crippen LogP contribution < -0.4 is 5.32 Å². The minimum Gasteiger partial charge on any atom is -0.384 e. The van der Waals surface area contributed by atoms with E-state index in [4.69, 9.17) is 0 Å². The van der Waals surface area contributed by atoms with Crippen LogP contribution in [0, 0.1) is 5.92 Å². The van der Waals surface area contributed by atoms with Crippen LogP contribution >= 0.6 is 12.4 Å². The second kappa shape index (κ2) is 9.15. The molecule has 27 heavy (non-hydrogen) atoms. The number of alkyl halides is 3. The monoisotopic (exact) mass is 405 g/mol. The van der Waals surface area contributed by atoms with Gasteiger partial charge < -0.3 is 10.2 Å².